The third-order valence-electron chi connectivity index (χ3n) is 4.49. The van der Waals surface area contributed by atoms with Crippen molar-refractivity contribution in [2.45, 2.75) is 64.4 Å². The Hall–Kier alpha value is -2.28. The summed E-state index contributed by atoms with van der Waals surface area (Å²) in [5.74, 6) is -1.29. The Morgan fingerprint density at radius 3 is 2.50 bits per heavy atom. The second-order valence-corrected chi connectivity index (χ2v) is 13.8. The maximum atomic E-state index is 13.8. The summed E-state index contributed by atoms with van der Waals surface area (Å²) in [5.41, 5.74) is -0.810. The van der Waals surface area contributed by atoms with Crippen molar-refractivity contribution in [1.29, 1.82) is 0 Å². The number of nitrogens with zero attached hydrogens (tertiary/aromatic N) is 5. The van der Waals surface area contributed by atoms with E-state index in [1.807, 2.05) is 0 Å². The van der Waals surface area contributed by atoms with Gasteiger partial charge in [0, 0.05) is 20.2 Å². The molecule has 0 aromatic carbocycles. The zero-order chi connectivity index (χ0) is 22.7. The molecule has 8 nitrogen and oxygen atoms in total. The Bertz CT molecular complexity index is 876. The number of aromatic nitrogens is 4. The molecule has 0 fully saturated rings. The van der Waals surface area contributed by atoms with Crippen molar-refractivity contribution in [2.24, 2.45) is 0 Å². The summed E-state index contributed by atoms with van der Waals surface area (Å²) < 4.78 is 61.1. The van der Waals surface area contributed by atoms with Crippen molar-refractivity contribution in [3.05, 3.63) is 39.7 Å². The fourth-order valence-electron chi connectivity index (χ4n) is 2.92. The fraction of sp³-hybridized carbons (Fsp3) is 0.647. The summed E-state index contributed by atoms with van der Waals surface area (Å²) in [7, 11) is -1.36. The van der Waals surface area contributed by atoms with Gasteiger partial charge >= 0.3 is 17.8 Å². The van der Waals surface area contributed by atoms with Crippen LogP contribution in [-0.4, -0.2) is 45.3 Å². The Morgan fingerprint density at radius 2 is 2.00 bits per heavy atom. The van der Waals surface area contributed by atoms with Gasteiger partial charge < -0.3 is 4.74 Å². The Labute approximate surface area is 172 Å². The molecule has 2 rings (SSSR count). The molecule has 0 bridgehead atoms. The van der Waals surface area contributed by atoms with Gasteiger partial charge in [-0.25, -0.2) is 4.68 Å². The standard InChI is InChI=1S/C17H25F4N5O3Si/c1-5-13(24-10-15(26(27)28)16(18)23-24)12-9-22-25(14(12)8-17(19,20)21)11-29-6-7-30(2,3)4/h9-10,13H,5-8,11H2,1-4H3. The molecular formula is C17H25F4N5O3Si. The first-order valence-corrected chi connectivity index (χ1v) is 13.1. The van der Waals surface area contributed by atoms with Gasteiger partial charge in [0.05, 0.1) is 29.3 Å². The Kier molecular flexibility index (Phi) is 7.39. The zero-order valence-electron chi connectivity index (χ0n) is 17.2. The fourth-order valence-corrected chi connectivity index (χ4v) is 3.68. The summed E-state index contributed by atoms with van der Waals surface area (Å²) in [4.78, 5) is 9.96. The van der Waals surface area contributed by atoms with Gasteiger partial charge in [-0.1, -0.05) is 26.6 Å². The highest BCUT2D eigenvalue weighted by Gasteiger charge is 2.34. The maximum Gasteiger partial charge on any atom is 0.394 e. The van der Waals surface area contributed by atoms with Gasteiger partial charge in [-0.2, -0.15) is 22.7 Å². The topological polar surface area (TPSA) is 88.0 Å². The molecule has 0 radical (unpaired) electrons. The first kappa shape index (κ1) is 24.0. The molecule has 0 amide bonds. The summed E-state index contributed by atoms with van der Waals surface area (Å²) in [6, 6.07) is 0.00471. The van der Waals surface area contributed by atoms with Gasteiger partial charge in [-0.05, 0) is 12.5 Å². The lowest BCUT2D eigenvalue weighted by Crippen LogP contribution is -2.23. The van der Waals surface area contributed by atoms with Crippen LogP contribution in [0.3, 0.4) is 0 Å². The predicted octanol–water partition coefficient (Wildman–Crippen LogP) is 4.54. The minimum Gasteiger partial charge on any atom is -0.360 e. The molecule has 0 spiro atoms. The van der Waals surface area contributed by atoms with Gasteiger partial charge in [0.1, 0.15) is 12.9 Å². The van der Waals surface area contributed by atoms with Crippen LogP contribution in [0.5, 0.6) is 0 Å². The highest BCUT2D eigenvalue weighted by atomic mass is 28.3. The summed E-state index contributed by atoms with van der Waals surface area (Å²) in [5, 5.41) is 18.4. The molecule has 168 valence electrons. The van der Waals surface area contributed by atoms with Crippen LogP contribution < -0.4 is 0 Å². The normalized spacial score (nSPS) is 13.6. The molecule has 0 aliphatic heterocycles. The zero-order valence-corrected chi connectivity index (χ0v) is 18.2. The second-order valence-electron chi connectivity index (χ2n) is 8.15. The number of alkyl halides is 3. The Morgan fingerprint density at radius 1 is 1.33 bits per heavy atom. The minimum atomic E-state index is -4.51. The second kappa shape index (κ2) is 9.25. The lowest BCUT2D eigenvalue weighted by atomic mass is 10.0. The van der Waals surface area contributed by atoms with Crippen LogP contribution in [0.1, 0.15) is 30.6 Å². The highest BCUT2D eigenvalue weighted by Crippen LogP contribution is 2.31. The molecular weight excluding hydrogens is 426 g/mol. The number of rotatable bonds is 10. The van der Waals surface area contributed by atoms with Crippen molar-refractivity contribution in [3.8, 4) is 0 Å². The van der Waals surface area contributed by atoms with E-state index in [1.165, 1.54) is 6.20 Å². The van der Waals surface area contributed by atoms with Crippen LogP contribution >= 0.6 is 0 Å². The van der Waals surface area contributed by atoms with E-state index < -0.39 is 43.3 Å². The van der Waals surface area contributed by atoms with Crippen LogP contribution in [-0.2, 0) is 17.9 Å². The van der Waals surface area contributed by atoms with E-state index in [-0.39, 0.29) is 24.4 Å². The number of ether oxygens (including phenoxy) is 1. The monoisotopic (exact) mass is 451 g/mol. The lowest BCUT2D eigenvalue weighted by Gasteiger charge is -2.19. The molecule has 1 atom stereocenters. The summed E-state index contributed by atoms with van der Waals surface area (Å²) in [6.45, 7) is 8.39. The van der Waals surface area contributed by atoms with E-state index in [2.05, 4.69) is 29.8 Å². The van der Waals surface area contributed by atoms with E-state index in [4.69, 9.17) is 4.74 Å². The highest BCUT2D eigenvalue weighted by molar-refractivity contribution is 6.76. The van der Waals surface area contributed by atoms with Gasteiger partial charge in [-0.3, -0.25) is 14.8 Å². The molecule has 1 unspecified atom stereocenters. The number of halogens is 4. The van der Waals surface area contributed by atoms with Crippen LogP contribution in [0.2, 0.25) is 25.7 Å². The Balaban J connectivity index is 2.34. The molecule has 0 N–H and O–H groups in total. The number of hydrogen-bond donors (Lipinski definition) is 0. The number of hydrogen-bond acceptors (Lipinski definition) is 5. The molecule has 30 heavy (non-hydrogen) atoms. The van der Waals surface area contributed by atoms with Crippen molar-refractivity contribution >= 4 is 13.8 Å². The minimum absolute atomic E-state index is 0.138. The quantitative estimate of drug-likeness (QED) is 0.174. The van der Waals surface area contributed by atoms with Gasteiger partial charge in [0.2, 0.25) is 0 Å². The summed E-state index contributed by atoms with van der Waals surface area (Å²) >= 11 is 0. The van der Waals surface area contributed by atoms with E-state index in [9.17, 15) is 27.7 Å². The van der Waals surface area contributed by atoms with Crippen LogP contribution in [0.4, 0.5) is 23.2 Å². The van der Waals surface area contributed by atoms with Crippen molar-refractivity contribution in [3.63, 3.8) is 0 Å². The molecule has 2 aromatic rings. The van der Waals surface area contributed by atoms with E-state index in [0.717, 1.165) is 21.6 Å². The van der Waals surface area contributed by atoms with E-state index in [1.54, 1.807) is 6.92 Å². The van der Waals surface area contributed by atoms with Gasteiger partial charge in [0.15, 0.2) is 0 Å². The molecule has 0 saturated heterocycles. The number of nitro groups is 1. The van der Waals surface area contributed by atoms with Crippen molar-refractivity contribution < 1.29 is 27.2 Å². The third-order valence-corrected chi connectivity index (χ3v) is 6.19. The first-order valence-electron chi connectivity index (χ1n) is 9.40. The van der Waals surface area contributed by atoms with Gasteiger partial charge in [0.25, 0.3) is 0 Å². The van der Waals surface area contributed by atoms with Crippen LogP contribution in [0, 0.1) is 16.1 Å². The largest absolute Gasteiger partial charge is 0.394 e. The van der Waals surface area contributed by atoms with Gasteiger partial charge in [-0.15, -0.1) is 5.10 Å². The maximum absolute atomic E-state index is 13.8. The summed E-state index contributed by atoms with van der Waals surface area (Å²) in [6.07, 6.45) is -3.41. The predicted molar refractivity (Wildman–Crippen MR) is 103 cm³/mol. The molecule has 2 heterocycles. The van der Waals surface area contributed by atoms with E-state index in [0.29, 0.717) is 6.61 Å². The van der Waals surface area contributed by atoms with Crippen molar-refractivity contribution in [1.82, 2.24) is 19.6 Å². The van der Waals surface area contributed by atoms with Crippen LogP contribution in [0.25, 0.3) is 0 Å². The third kappa shape index (κ3) is 6.36. The average Bonchev–Trinajstić information content (AvgIpc) is 3.15. The van der Waals surface area contributed by atoms with Crippen LogP contribution in [0.15, 0.2) is 12.4 Å². The molecule has 0 saturated carbocycles. The first-order chi connectivity index (χ1) is 13.8. The molecule has 0 aliphatic rings. The van der Waals surface area contributed by atoms with E-state index >= 15 is 0 Å². The molecule has 0 aliphatic carbocycles. The molecule has 2 aromatic heterocycles. The lowest BCUT2D eigenvalue weighted by molar-refractivity contribution is -0.387. The van der Waals surface area contributed by atoms with Crippen molar-refractivity contribution in [2.75, 3.05) is 6.61 Å². The molecule has 13 heteroatoms. The average molecular weight is 451 g/mol. The smallest absolute Gasteiger partial charge is 0.360 e. The SMILES string of the molecule is CCC(c1cnn(COCC[Si](C)(C)C)c1CC(F)(F)F)n1cc([N+](=O)[O-])c(F)n1.